The van der Waals surface area contributed by atoms with Crippen molar-refractivity contribution in [2.24, 2.45) is 7.05 Å². The second kappa shape index (κ2) is 8.57. The highest BCUT2D eigenvalue weighted by molar-refractivity contribution is 6.03. The van der Waals surface area contributed by atoms with Gasteiger partial charge in [0.05, 0.1) is 5.69 Å². The van der Waals surface area contributed by atoms with E-state index in [0.717, 1.165) is 24.2 Å². The lowest BCUT2D eigenvalue weighted by Gasteiger charge is -2.09. The Balaban J connectivity index is 1.66. The average molecular weight is 381 g/mol. The molecule has 29 heavy (non-hydrogen) atoms. The molecule has 0 spiro atoms. The number of hydrogen-bond donors (Lipinski definition) is 1. The highest BCUT2D eigenvalue weighted by atomic mass is 16.1. The molecule has 4 aromatic rings. The largest absolute Gasteiger partial charge is 0.317 e. The number of imidazole rings is 1. The Morgan fingerprint density at radius 2 is 1.31 bits per heavy atom. The van der Waals surface area contributed by atoms with E-state index in [1.165, 1.54) is 11.1 Å². The Bertz CT molecular complexity index is 1090. The summed E-state index contributed by atoms with van der Waals surface area (Å²) in [6, 6.07) is 29.8. The number of anilines is 1. The lowest BCUT2D eigenvalue weighted by molar-refractivity contribution is 0.102. The molecule has 0 radical (unpaired) electrons. The van der Waals surface area contributed by atoms with Crippen molar-refractivity contribution in [1.29, 1.82) is 0 Å². The maximum Gasteiger partial charge on any atom is 0.257 e. The van der Waals surface area contributed by atoms with Crippen LogP contribution in [0.5, 0.6) is 0 Å². The van der Waals surface area contributed by atoms with Gasteiger partial charge in [-0.05, 0) is 23.3 Å². The van der Waals surface area contributed by atoms with Gasteiger partial charge in [0, 0.05) is 31.1 Å². The van der Waals surface area contributed by atoms with Crippen molar-refractivity contribution in [1.82, 2.24) is 9.55 Å². The van der Waals surface area contributed by atoms with Gasteiger partial charge in [-0.1, -0.05) is 78.9 Å². The molecule has 4 rings (SSSR count). The molecule has 3 aromatic carbocycles. The fraction of sp³-hybridized carbons (Fsp3) is 0.120. The number of hydrogen-bond acceptors (Lipinski definition) is 2. The topological polar surface area (TPSA) is 46.9 Å². The first-order chi connectivity index (χ1) is 14.2. The molecule has 1 aromatic heterocycles. The molecule has 0 fully saturated rings. The second-order valence-electron chi connectivity index (χ2n) is 7.03. The van der Waals surface area contributed by atoms with Gasteiger partial charge in [-0.3, -0.25) is 10.1 Å². The van der Waals surface area contributed by atoms with Crippen LogP contribution in [0.3, 0.4) is 0 Å². The predicted molar refractivity (Wildman–Crippen MR) is 116 cm³/mol. The van der Waals surface area contributed by atoms with Gasteiger partial charge in [-0.2, -0.15) is 0 Å². The molecule has 1 amide bonds. The van der Waals surface area contributed by atoms with Gasteiger partial charge in [0.2, 0.25) is 5.95 Å². The number of nitrogens with one attached hydrogen (secondary N) is 1. The molecule has 0 saturated heterocycles. The van der Waals surface area contributed by atoms with Crippen molar-refractivity contribution in [3.05, 3.63) is 119 Å². The first-order valence-electron chi connectivity index (χ1n) is 9.69. The first-order valence-corrected chi connectivity index (χ1v) is 9.69. The van der Waals surface area contributed by atoms with Gasteiger partial charge in [0.25, 0.3) is 5.91 Å². The van der Waals surface area contributed by atoms with Crippen LogP contribution in [0.1, 0.15) is 32.9 Å². The van der Waals surface area contributed by atoms with Crippen molar-refractivity contribution in [3.63, 3.8) is 0 Å². The Labute approximate surface area is 170 Å². The normalized spacial score (nSPS) is 10.7. The maximum absolute atomic E-state index is 12.6. The summed E-state index contributed by atoms with van der Waals surface area (Å²) < 4.78 is 1.99. The zero-order valence-electron chi connectivity index (χ0n) is 16.4. The monoisotopic (exact) mass is 381 g/mol. The number of aromatic nitrogens is 2. The summed E-state index contributed by atoms with van der Waals surface area (Å²) in [6.07, 6.45) is 1.48. The fourth-order valence-corrected chi connectivity index (χ4v) is 3.40. The van der Waals surface area contributed by atoms with Crippen LogP contribution in [0.25, 0.3) is 0 Å². The number of carbonyl (C=O) groups is 1. The van der Waals surface area contributed by atoms with Crippen molar-refractivity contribution < 1.29 is 4.79 Å². The molecule has 0 saturated carbocycles. The van der Waals surface area contributed by atoms with Gasteiger partial charge in [-0.15, -0.1) is 0 Å². The first kappa shape index (κ1) is 18.7. The van der Waals surface area contributed by atoms with Crippen molar-refractivity contribution in [2.75, 3.05) is 5.32 Å². The number of amides is 1. The lowest BCUT2D eigenvalue weighted by atomic mass is 10.0. The van der Waals surface area contributed by atoms with E-state index in [1.54, 1.807) is 12.1 Å². The van der Waals surface area contributed by atoms with Crippen LogP contribution >= 0.6 is 0 Å². The van der Waals surface area contributed by atoms with Gasteiger partial charge in [0.1, 0.15) is 0 Å². The number of rotatable bonds is 6. The van der Waals surface area contributed by atoms with Gasteiger partial charge < -0.3 is 4.57 Å². The van der Waals surface area contributed by atoms with Crippen LogP contribution in [-0.2, 0) is 19.9 Å². The van der Waals surface area contributed by atoms with Crippen molar-refractivity contribution >= 4 is 11.9 Å². The Hall–Kier alpha value is -3.66. The quantitative estimate of drug-likeness (QED) is 0.519. The Kier molecular flexibility index (Phi) is 5.52. The van der Waals surface area contributed by atoms with E-state index in [1.807, 2.05) is 66.2 Å². The second-order valence-corrected chi connectivity index (χ2v) is 7.03. The minimum atomic E-state index is -0.156. The zero-order chi connectivity index (χ0) is 20.1. The zero-order valence-corrected chi connectivity index (χ0v) is 16.4. The molecule has 0 bridgehead atoms. The van der Waals surface area contributed by atoms with E-state index >= 15 is 0 Å². The van der Waals surface area contributed by atoms with Gasteiger partial charge in [0.15, 0.2) is 0 Å². The molecular formula is C25H23N3O. The fourth-order valence-electron chi connectivity index (χ4n) is 3.40. The summed E-state index contributed by atoms with van der Waals surface area (Å²) in [5, 5.41) is 2.97. The summed E-state index contributed by atoms with van der Waals surface area (Å²) in [6.45, 7) is 0. The number of nitrogens with zero attached hydrogens (tertiary/aromatic N) is 2. The minimum absolute atomic E-state index is 0.156. The van der Waals surface area contributed by atoms with E-state index in [-0.39, 0.29) is 5.91 Å². The summed E-state index contributed by atoms with van der Waals surface area (Å²) in [4.78, 5) is 17.4. The third kappa shape index (κ3) is 4.43. The predicted octanol–water partition coefficient (Wildman–Crippen LogP) is 4.85. The molecule has 0 atom stereocenters. The maximum atomic E-state index is 12.6. The number of carbonyl (C=O) groups excluding carboxylic acids is 1. The molecule has 4 nitrogen and oxygen atoms in total. The van der Waals surface area contributed by atoms with E-state index in [4.69, 9.17) is 4.98 Å². The Morgan fingerprint density at radius 1 is 0.793 bits per heavy atom. The molecule has 0 aliphatic heterocycles. The van der Waals surface area contributed by atoms with Gasteiger partial charge in [-0.25, -0.2) is 4.98 Å². The molecule has 0 aliphatic carbocycles. The molecule has 144 valence electrons. The van der Waals surface area contributed by atoms with Crippen molar-refractivity contribution in [3.8, 4) is 0 Å². The molecule has 4 heteroatoms. The summed E-state index contributed by atoms with van der Waals surface area (Å²) in [5.41, 5.74) is 5.10. The van der Waals surface area contributed by atoms with E-state index in [0.29, 0.717) is 11.5 Å². The molecule has 0 unspecified atom stereocenters. The van der Waals surface area contributed by atoms with E-state index < -0.39 is 0 Å². The van der Waals surface area contributed by atoms with Crippen LogP contribution in [0, 0.1) is 0 Å². The third-order valence-electron chi connectivity index (χ3n) is 4.99. The third-order valence-corrected chi connectivity index (χ3v) is 4.99. The van der Waals surface area contributed by atoms with Crippen LogP contribution in [-0.4, -0.2) is 15.5 Å². The molecular weight excluding hydrogens is 358 g/mol. The van der Waals surface area contributed by atoms with E-state index in [2.05, 4.69) is 29.6 Å². The summed E-state index contributed by atoms with van der Waals surface area (Å²) in [5.74, 6) is 0.409. The molecule has 1 N–H and O–H groups in total. The van der Waals surface area contributed by atoms with Crippen LogP contribution < -0.4 is 5.32 Å². The van der Waals surface area contributed by atoms with Crippen LogP contribution in [0.15, 0.2) is 91.0 Å². The van der Waals surface area contributed by atoms with Crippen molar-refractivity contribution in [2.45, 2.75) is 12.8 Å². The minimum Gasteiger partial charge on any atom is -0.317 e. The molecule has 0 aliphatic rings. The highest BCUT2D eigenvalue weighted by Gasteiger charge is 2.18. The average Bonchev–Trinajstić information content (AvgIpc) is 3.04. The van der Waals surface area contributed by atoms with Gasteiger partial charge >= 0.3 is 0 Å². The Morgan fingerprint density at radius 3 is 1.90 bits per heavy atom. The van der Waals surface area contributed by atoms with E-state index in [9.17, 15) is 4.79 Å². The number of benzene rings is 3. The van der Waals surface area contributed by atoms with Crippen LogP contribution in [0.2, 0.25) is 0 Å². The summed E-state index contributed by atoms with van der Waals surface area (Å²) >= 11 is 0. The highest BCUT2D eigenvalue weighted by Crippen LogP contribution is 2.22. The van der Waals surface area contributed by atoms with Crippen LogP contribution in [0.4, 0.5) is 5.95 Å². The smallest absolute Gasteiger partial charge is 0.257 e. The molecule has 1 heterocycles. The standard InChI is InChI=1S/C25H23N3O/c1-28-23(18-20-13-7-3-8-14-20)22(17-19-11-5-2-6-12-19)26-25(28)27-24(29)21-15-9-4-10-16-21/h2-16H,17-18H2,1H3,(H,26,27,29). The summed E-state index contributed by atoms with van der Waals surface area (Å²) in [7, 11) is 1.96. The lowest BCUT2D eigenvalue weighted by Crippen LogP contribution is -2.15. The SMILES string of the molecule is Cn1c(NC(=O)c2ccccc2)nc(Cc2ccccc2)c1Cc1ccccc1.